The molecule has 5 aromatic heterocycles. The van der Waals surface area contributed by atoms with Crippen molar-refractivity contribution in [2.24, 2.45) is 0 Å². The van der Waals surface area contributed by atoms with Gasteiger partial charge in [0.15, 0.2) is 0 Å². The van der Waals surface area contributed by atoms with E-state index < -0.39 is 6.85 Å². The van der Waals surface area contributed by atoms with Crippen molar-refractivity contribution in [1.82, 2.24) is 23.1 Å². The van der Waals surface area contributed by atoms with E-state index in [0.29, 0.717) is 28.4 Å². The number of aryl methyl sites for hydroxylation is 1. The number of nitriles is 1. The zero-order valence-corrected chi connectivity index (χ0v) is 46.1. The van der Waals surface area contributed by atoms with Crippen LogP contribution in [-0.2, 0) is 24.8 Å². The maximum absolute atomic E-state index is 10.3. The van der Waals surface area contributed by atoms with E-state index in [9.17, 15) is 5.26 Å². The molecule has 15 aromatic rings. The molecule has 80 heavy (non-hydrogen) atoms. The molecular weight excluding hydrogens is 1160 g/mol. The van der Waals surface area contributed by atoms with Crippen molar-refractivity contribution in [1.29, 1.82) is 5.26 Å². The summed E-state index contributed by atoms with van der Waals surface area (Å²) in [7, 11) is 0. The summed E-state index contributed by atoms with van der Waals surface area (Å²) in [6, 6.07) is 79.6. The number of hydrogen-bond donors (Lipinski definition) is 0. The number of nitrogens with zero attached hydrogens (tertiary/aromatic N) is 6. The smallest absolute Gasteiger partial charge is 0.0622 e. The number of fused-ring (bicyclic) bond motifs is 10. The van der Waals surface area contributed by atoms with E-state index in [1.807, 2.05) is 66.7 Å². The molecule has 0 unspecified atom stereocenters. The summed E-state index contributed by atoms with van der Waals surface area (Å²) in [5.74, 6) is 1.71. The first-order valence-corrected chi connectivity index (χ1v) is 27.9. The van der Waals surface area contributed by atoms with Gasteiger partial charge in [-0.05, 0) is 36.2 Å². The Morgan fingerprint density at radius 3 is 1.74 bits per heavy atom. The quantitative estimate of drug-likeness (QED) is 0.152. The van der Waals surface area contributed by atoms with Gasteiger partial charge in [0.25, 0.3) is 0 Å². The van der Waals surface area contributed by atoms with Crippen molar-refractivity contribution in [3.8, 4) is 68.1 Å². The molecule has 0 amide bonds. The van der Waals surface area contributed by atoms with Gasteiger partial charge in [0.2, 0.25) is 0 Å². The molecule has 0 saturated heterocycles. The Kier molecular flexibility index (Phi) is 10.1. The molecule has 0 aliphatic rings. The monoisotopic (exact) mass is 1210 g/mol. The van der Waals surface area contributed by atoms with Crippen LogP contribution in [0.25, 0.3) is 122 Å². The molecule has 0 aliphatic carbocycles. The maximum atomic E-state index is 10.3. The number of hydrogen-bond acceptors (Lipinski definition) is 3. The Bertz CT molecular complexity index is 5180. The third-order valence-electron chi connectivity index (χ3n) is 15.9. The summed E-state index contributed by atoms with van der Waals surface area (Å²) >= 11 is 2.50. The van der Waals surface area contributed by atoms with Crippen LogP contribution in [0.3, 0.4) is 0 Å². The number of rotatable bonds is 8. The number of aromatic nitrogens is 5. The molecule has 7 nitrogen and oxygen atoms in total. The number of ether oxygens (including phenoxy) is 1. The standard InChI is InChI=1S/C72H50N6O.Pt/c1-45-33-69(74-43-62(45)49-23-12-7-13-24-49)77-66-39-52(31-32-57(66)58-40-59-61-35-46(42-73)34-60-56-25-14-15-28-63(56)78(71(60)61)68(59)41-67(58)77)79-53-37-50(72(2,3)4)36-51(38-53)75-44-76(65-30-17-16-29-64(65)75)70-54(47-19-8-5-9-20-47)26-18-27-55(70)48-21-10-6-11-22-48;/h5-41,43H,1-4H3;/i1D3;. The first kappa shape index (κ1) is 44.4. The summed E-state index contributed by atoms with van der Waals surface area (Å²) in [6.45, 7) is 4.22. The Hall–Kier alpha value is -9.60. The molecule has 0 fully saturated rings. The van der Waals surface area contributed by atoms with Crippen LogP contribution in [0.2, 0.25) is 0 Å². The van der Waals surface area contributed by atoms with E-state index in [-0.39, 0.29) is 11.0 Å². The van der Waals surface area contributed by atoms with Crippen LogP contribution < -0.4 is 4.74 Å². The Morgan fingerprint density at radius 1 is 0.487 bits per heavy atom. The molecule has 5 heterocycles. The van der Waals surface area contributed by atoms with Gasteiger partial charge in [-0.25, -0.2) is 0 Å². The van der Waals surface area contributed by atoms with Gasteiger partial charge in [-0.1, -0.05) is 48.5 Å². The van der Waals surface area contributed by atoms with Gasteiger partial charge >= 0.3 is 320 Å². The van der Waals surface area contributed by atoms with Gasteiger partial charge < -0.3 is 4.40 Å². The summed E-state index contributed by atoms with van der Waals surface area (Å²) in [5.41, 5.74) is 16.2. The first-order valence-electron chi connectivity index (χ1n) is 28.2. The predicted octanol–water partition coefficient (Wildman–Crippen LogP) is 18.4. The van der Waals surface area contributed by atoms with E-state index in [1.165, 1.54) is 0 Å². The van der Waals surface area contributed by atoms with E-state index in [4.69, 9.17) is 13.8 Å². The number of imidazole rings is 1. The zero-order valence-electron chi connectivity index (χ0n) is 46.8. The van der Waals surface area contributed by atoms with Gasteiger partial charge in [0.05, 0.1) is 28.2 Å². The minimum absolute atomic E-state index is 0.201. The molecular formula is C72H50N6OPt. The summed E-state index contributed by atoms with van der Waals surface area (Å²) in [4.78, 5) is 5.13. The molecule has 0 N–H and O–H groups in total. The molecule has 0 aliphatic heterocycles. The van der Waals surface area contributed by atoms with Gasteiger partial charge in [0.1, 0.15) is 0 Å². The number of benzene rings is 10. The molecule has 15 rings (SSSR count). The number of pyridine rings is 1. The van der Waals surface area contributed by atoms with Gasteiger partial charge in [0, 0.05) is 37.4 Å². The second-order valence-electron chi connectivity index (χ2n) is 21.6. The van der Waals surface area contributed by atoms with E-state index in [0.717, 1.165) is 119 Å². The van der Waals surface area contributed by atoms with Crippen LogP contribution in [0.15, 0.2) is 231 Å². The van der Waals surface area contributed by atoms with Crippen molar-refractivity contribution in [3.05, 3.63) is 251 Å². The fourth-order valence-electron chi connectivity index (χ4n) is 12.2. The summed E-state index contributed by atoms with van der Waals surface area (Å²) in [6.07, 6.45) is 1.69. The van der Waals surface area contributed by atoms with Crippen molar-refractivity contribution in [3.63, 3.8) is 0 Å². The van der Waals surface area contributed by atoms with Crippen molar-refractivity contribution >= 4 is 70.9 Å². The topological polar surface area (TPSA) is 65.1 Å². The fourth-order valence-corrected chi connectivity index (χ4v) is 13.3. The molecule has 0 atom stereocenters. The molecule has 0 radical (unpaired) electrons. The van der Waals surface area contributed by atoms with Crippen molar-refractivity contribution in [2.75, 3.05) is 0 Å². The molecule has 10 aromatic carbocycles. The molecule has 384 valence electrons. The van der Waals surface area contributed by atoms with Crippen molar-refractivity contribution < 1.29 is 28.2 Å². The second kappa shape index (κ2) is 18.2. The van der Waals surface area contributed by atoms with Crippen LogP contribution in [0, 0.1) is 22.0 Å². The Labute approximate surface area is 477 Å². The molecule has 0 spiro atoms. The third kappa shape index (κ3) is 7.44. The van der Waals surface area contributed by atoms with Crippen LogP contribution >= 0.6 is 0 Å². The molecule has 8 heteroatoms. The second-order valence-corrected chi connectivity index (χ2v) is 22.7. The average Bonchev–Trinajstić information content (AvgIpc) is 2.38. The minimum Gasteiger partial charge on any atom is -0.0622 e. The summed E-state index contributed by atoms with van der Waals surface area (Å²) in [5, 5.41) is 16.3. The van der Waals surface area contributed by atoms with Gasteiger partial charge in [-0.2, -0.15) is 5.26 Å². The SMILES string of the molecule is [2H]C([2H])([2H])c1cc(-n2c3cc(Oc4cc(-n5[c](=[Pt])n(-c6c(-c7ccccc7)cccc6-c6ccccc6)c6ccccc65)cc(C(C)(C)C)c4)ccc3c3cc4c5cc(C#N)cc6c7ccccc7n(c4cc32)c65)ncc1-c1ccccc1. The molecule has 0 saturated carbocycles. The van der Waals surface area contributed by atoms with E-state index >= 15 is 0 Å². The van der Waals surface area contributed by atoms with Crippen LogP contribution in [0.1, 0.15) is 41.6 Å². The first-order chi connectivity index (χ1) is 40.3. The average molecular weight is 1210 g/mol. The minimum atomic E-state index is -2.46. The van der Waals surface area contributed by atoms with Gasteiger partial charge in [-0.15, -0.1) is 0 Å². The molecule has 0 bridgehead atoms. The normalized spacial score (nSPS) is 12.8. The zero-order chi connectivity index (χ0) is 56.5. The third-order valence-corrected chi connectivity index (χ3v) is 16.9. The van der Waals surface area contributed by atoms with E-state index in [2.05, 4.69) is 216 Å². The predicted molar refractivity (Wildman–Crippen MR) is 324 cm³/mol. The number of para-hydroxylation sites is 4. The Balaban J connectivity index is 0.947. The van der Waals surface area contributed by atoms with Crippen molar-refractivity contribution in [2.45, 2.75) is 33.0 Å². The Morgan fingerprint density at radius 2 is 1.07 bits per heavy atom. The van der Waals surface area contributed by atoms with E-state index in [1.54, 1.807) is 12.3 Å². The van der Waals surface area contributed by atoms with Crippen LogP contribution in [-0.4, -0.2) is 23.1 Å². The van der Waals surface area contributed by atoms with Gasteiger partial charge in [-0.3, -0.25) is 0 Å². The van der Waals surface area contributed by atoms with Crippen LogP contribution in [0.5, 0.6) is 11.5 Å². The van der Waals surface area contributed by atoms with Crippen LogP contribution in [0.4, 0.5) is 0 Å². The fraction of sp³-hybridized carbons (Fsp3) is 0.0694. The summed E-state index contributed by atoms with van der Waals surface area (Å²) < 4.78 is 43.9.